The van der Waals surface area contributed by atoms with Crippen LogP contribution in [0.25, 0.3) is 0 Å². The van der Waals surface area contributed by atoms with Gasteiger partial charge in [0.2, 0.25) is 11.8 Å². The van der Waals surface area contributed by atoms with Gasteiger partial charge in [-0.1, -0.05) is 90.0 Å². The molecule has 3 saturated heterocycles. The van der Waals surface area contributed by atoms with Gasteiger partial charge in [0, 0.05) is 19.5 Å². The van der Waals surface area contributed by atoms with Gasteiger partial charge in [0.15, 0.2) is 0 Å². The summed E-state index contributed by atoms with van der Waals surface area (Å²) in [6.45, 7) is 13.2. The van der Waals surface area contributed by atoms with Gasteiger partial charge in [-0.3, -0.25) is 14.5 Å². The molecular formula is C42H63BN4O8. The molecule has 3 aliphatic carbocycles. The molecule has 1 aromatic carbocycles. The predicted octanol–water partition coefficient (Wildman–Crippen LogP) is 6.52. The maximum Gasteiger partial charge on any atom is 0.481 e. The number of amides is 4. The van der Waals surface area contributed by atoms with Crippen LogP contribution in [0, 0.1) is 23.2 Å². The number of alkyl carbamates (subject to hydrolysis) is 1. The Hall–Kier alpha value is -3.32. The molecule has 9 atom stereocenters. The Bertz CT molecular complexity index is 1560. The number of nitrogens with zero attached hydrogens (tertiary/aromatic N) is 2. The third-order valence-corrected chi connectivity index (χ3v) is 13.4. The molecule has 6 fully saturated rings. The van der Waals surface area contributed by atoms with E-state index in [1.54, 1.807) is 25.7 Å². The van der Waals surface area contributed by atoms with Gasteiger partial charge in [-0.25, -0.2) is 9.59 Å². The van der Waals surface area contributed by atoms with Crippen LogP contribution >= 0.6 is 0 Å². The average Bonchev–Trinajstić information content (AvgIpc) is 3.84. The fourth-order valence-corrected chi connectivity index (χ4v) is 10.2. The second kappa shape index (κ2) is 16.3. The highest BCUT2D eigenvalue weighted by atomic mass is 16.7. The summed E-state index contributed by atoms with van der Waals surface area (Å²) in [5, 5.41) is 6.13. The summed E-state index contributed by atoms with van der Waals surface area (Å²) in [5.74, 6) is 0.322. The van der Waals surface area contributed by atoms with E-state index in [9.17, 15) is 19.2 Å². The molecule has 3 saturated carbocycles. The van der Waals surface area contributed by atoms with Crippen molar-refractivity contribution in [1.29, 1.82) is 0 Å². The summed E-state index contributed by atoms with van der Waals surface area (Å²) < 4.78 is 25.2. The van der Waals surface area contributed by atoms with Crippen LogP contribution in [0.3, 0.4) is 0 Å². The highest BCUT2D eigenvalue weighted by molar-refractivity contribution is 6.47. The smallest absolute Gasteiger partial charge is 0.444 e. The van der Waals surface area contributed by atoms with E-state index >= 15 is 0 Å². The van der Waals surface area contributed by atoms with Crippen LogP contribution in [0.15, 0.2) is 24.3 Å². The van der Waals surface area contributed by atoms with E-state index in [1.165, 1.54) is 4.90 Å². The van der Waals surface area contributed by atoms with E-state index in [4.69, 9.17) is 18.8 Å². The van der Waals surface area contributed by atoms with E-state index in [0.717, 1.165) is 68.9 Å². The zero-order valence-corrected chi connectivity index (χ0v) is 33.8. The summed E-state index contributed by atoms with van der Waals surface area (Å²) in [7, 11) is -0.592. The number of rotatable bonds is 3. The number of hydrogen-bond acceptors (Lipinski definition) is 8. The molecule has 7 aliphatic rings. The van der Waals surface area contributed by atoms with Crippen molar-refractivity contribution in [2.45, 2.75) is 174 Å². The van der Waals surface area contributed by atoms with Crippen LogP contribution in [-0.2, 0) is 41.5 Å². The maximum absolute atomic E-state index is 14.6. The minimum Gasteiger partial charge on any atom is -0.444 e. The van der Waals surface area contributed by atoms with Crippen molar-refractivity contribution in [3.63, 3.8) is 0 Å². The average molecular weight is 763 g/mol. The molecule has 0 aromatic heterocycles. The molecule has 9 unspecified atom stereocenters. The first kappa shape index (κ1) is 39.9. The lowest BCUT2D eigenvalue weighted by atomic mass is 9.53. The Morgan fingerprint density at radius 2 is 1.55 bits per heavy atom. The first-order chi connectivity index (χ1) is 26.2. The number of fused-ring (bicyclic) bond motifs is 3. The Morgan fingerprint density at radius 1 is 0.909 bits per heavy atom. The lowest BCUT2D eigenvalue weighted by Gasteiger charge is -2.53. The number of ether oxygens (including phenoxy) is 2. The van der Waals surface area contributed by atoms with E-state index in [2.05, 4.69) is 31.4 Å². The zero-order valence-electron chi connectivity index (χ0n) is 33.8. The molecule has 4 amide bonds. The van der Waals surface area contributed by atoms with Gasteiger partial charge in [0.05, 0.1) is 24.7 Å². The summed E-state index contributed by atoms with van der Waals surface area (Å²) in [6.07, 6.45) is 8.40. The minimum atomic E-state index is -0.920. The summed E-state index contributed by atoms with van der Waals surface area (Å²) in [5.41, 5.74) is 1.59. The molecule has 0 radical (unpaired) electrons. The molecule has 8 rings (SSSR count). The van der Waals surface area contributed by atoms with Crippen LogP contribution in [0.5, 0.6) is 0 Å². The van der Waals surface area contributed by atoms with Gasteiger partial charge < -0.3 is 34.3 Å². The third-order valence-electron chi connectivity index (χ3n) is 13.4. The molecular weight excluding hydrogens is 699 g/mol. The fourth-order valence-electron chi connectivity index (χ4n) is 10.2. The van der Waals surface area contributed by atoms with Gasteiger partial charge in [0.25, 0.3) is 0 Å². The topological polar surface area (TPSA) is 136 Å². The van der Waals surface area contributed by atoms with Gasteiger partial charge >= 0.3 is 19.3 Å². The van der Waals surface area contributed by atoms with E-state index in [0.29, 0.717) is 43.7 Å². The Balaban J connectivity index is 1.12. The molecule has 4 heterocycles. The van der Waals surface area contributed by atoms with E-state index in [1.807, 2.05) is 24.3 Å². The predicted molar refractivity (Wildman–Crippen MR) is 207 cm³/mol. The molecule has 302 valence electrons. The highest BCUT2D eigenvalue weighted by Crippen LogP contribution is 2.60. The van der Waals surface area contributed by atoms with Crippen molar-refractivity contribution >= 4 is 31.1 Å². The Kier molecular flexibility index (Phi) is 11.8. The van der Waals surface area contributed by atoms with Crippen molar-refractivity contribution < 1.29 is 38.0 Å². The number of benzene rings is 1. The first-order valence-corrected chi connectivity index (χ1v) is 21.1. The monoisotopic (exact) mass is 762 g/mol. The van der Waals surface area contributed by atoms with Crippen LogP contribution in [0.4, 0.5) is 9.59 Å². The van der Waals surface area contributed by atoms with Gasteiger partial charge in [-0.05, 0) is 80.8 Å². The number of hydrogen-bond donors (Lipinski definition) is 2. The van der Waals surface area contributed by atoms with E-state index in [-0.39, 0.29) is 42.4 Å². The minimum absolute atomic E-state index is 0.0178. The molecule has 0 spiro atoms. The van der Waals surface area contributed by atoms with Gasteiger partial charge in [-0.2, -0.15) is 0 Å². The highest BCUT2D eigenvalue weighted by Gasteiger charge is 2.61. The van der Waals surface area contributed by atoms with Crippen LogP contribution in [0.1, 0.15) is 130 Å². The number of carbonyl (C=O) groups is 4. The Morgan fingerprint density at radius 3 is 2.20 bits per heavy atom. The quantitative estimate of drug-likeness (QED) is 0.333. The lowest BCUT2D eigenvalue weighted by molar-refractivity contribution is -0.140. The maximum atomic E-state index is 14.6. The molecule has 1 aromatic rings. The van der Waals surface area contributed by atoms with Gasteiger partial charge in [-0.15, -0.1) is 0 Å². The molecule has 55 heavy (non-hydrogen) atoms. The van der Waals surface area contributed by atoms with Crippen molar-refractivity contribution in [3.05, 3.63) is 35.4 Å². The van der Waals surface area contributed by atoms with Crippen molar-refractivity contribution in [2.24, 2.45) is 23.2 Å². The normalized spacial score (nSPS) is 34.1. The summed E-state index contributed by atoms with van der Waals surface area (Å²) in [6, 6.07) is 6.10. The zero-order chi connectivity index (χ0) is 39.1. The van der Waals surface area contributed by atoms with Crippen LogP contribution < -0.4 is 10.6 Å². The summed E-state index contributed by atoms with van der Waals surface area (Å²) in [4.78, 5) is 58.9. The number of nitrogens with one attached hydrogen (secondary N) is 2. The van der Waals surface area contributed by atoms with Crippen molar-refractivity contribution in [2.75, 3.05) is 6.54 Å². The van der Waals surface area contributed by atoms with Crippen LogP contribution in [-0.4, -0.2) is 89.4 Å². The molecule has 12 nitrogen and oxygen atoms in total. The largest absolute Gasteiger partial charge is 0.481 e. The fraction of sp³-hybridized carbons (Fsp3) is 0.762. The third kappa shape index (κ3) is 8.82. The second-order valence-electron chi connectivity index (χ2n) is 18.9. The molecule has 2 N–H and O–H groups in total. The SMILES string of the molecule is CC1CC2CC(C3OB(C4CCCCCCCCCC(NC(=O)OC(C)(C)C)C(=O)N5CC(OC(=O)N6Cc7ccccc7C6)CC5C(=O)N4)OC13)C2(C)C. The van der Waals surface area contributed by atoms with Crippen molar-refractivity contribution in [1.82, 2.24) is 20.4 Å². The van der Waals surface area contributed by atoms with Gasteiger partial charge in [0.1, 0.15) is 23.8 Å². The lowest BCUT2D eigenvalue weighted by Crippen LogP contribution is -2.57. The van der Waals surface area contributed by atoms with Crippen molar-refractivity contribution in [3.8, 4) is 0 Å². The molecule has 13 heteroatoms. The standard InChI is InChI=1S/C42H63BN4O8/c1-26-20-29-21-31(42(29,5)6)36-35(26)54-43(55-36)34-19-13-11-9-7-8-10-12-18-32(44-39(50)53-41(2,3)4)38(49)47-25-30(22-33(47)37(48)45-34)52-40(51)46-23-27-16-14-15-17-28(27)24-46/h14-17,26,29-36H,7-13,18-25H2,1-6H3,(H,44,50)(H,45,48). The van der Waals surface area contributed by atoms with Crippen LogP contribution in [0.2, 0.25) is 0 Å². The molecule has 4 aliphatic heterocycles. The first-order valence-electron chi connectivity index (χ1n) is 21.1. The van der Waals surface area contributed by atoms with E-state index < -0.39 is 49.0 Å². The number of carbonyl (C=O) groups excluding carboxylic acids is 4. The molecule has 2 bridgehead atoms. The second-order valence-corrected chi connectivity index (χ2v) is 18.9. The summed E-state index contributed by atoms with van der Waals surface area (Å²) >= 11 is 0. The Labute approximate surface area is 327 Å².